The molecule has 0 aliphatic carbocycles. The molecule has 0 radical (unpaired) electrons. The Hall–Kier alpha value is -1.90. The SMILES string of the molecule is NCc1cn[nH]c1S(=O)(=O)Nc1ccc2sccc2c1. The quantitative estimate of drug-likeness (QED) is 0.685. The Balaban J connectivity index is 1.96. The lowest BCUT2D eigenvalue weighted by Crippen LogP contribution is -2.16. The standard InChI is InChI=1S/C12H12N4O2S2/c13-6-9-7-14-15-12(9)20(17,18)16-10-1-2-11-8(5-10)3-4-19-11/h1-5,7,16H,6,13H2,(H,14,15). The van der Waals surface area contributed by atoms with Gasteiger partial charge in [0.1, 0.15) is 0 Å². The molecule has 0 bridgehead atoms. The molecule has 3 aromatic rings. The van der Waals surface area contributed by atoms with Gasteiger partial charge in [-0.15, -0.1) is 11.3 Å². The monoisotopic (exact) mass is 308 g/mol. The van der Waals surface area contributed by atoms with Crippen molar-refractivity contribution in [1.29, 1.82) is 0 Å². The fraction of sp³-hybridized carbons (Fsp3) is 0.0833. The third-order valence-electron chi connectivity index (χ3n) is 2.87. The lowest BCUT2D eigenvalue weighted by atomic mass is 10.2. The van der Waals surface area contributed by atoms with E-state index in [-0.39, 0.29) is 11.6 Å². The van der Waals surface area contributed by atoms with Crippen LogP contribution in [0.15, 0.2) is 40.9 Å². The molecule has 0 unspecified atom stereocenters. The highest BCUT2D eigenvalue weighted by Gasteiger charge is 2.20. The van der Waals surface area contributed by atoms with Gasteiger partial charge in [-0.05, 0) is 35.0 Å². The molecule has 0 fully saturated rings. The van der Waals surface area contributed by atoms with Crippen LogP contribution in [-0.2, 0) is 16.6 Å². The van der Waals surface area contributed by atoms with Gasteiger partial charge in [0.25, 0.3) is 10.0 Å². The summed E-state index contributed by atoms with van der Waals surface area (Å²) in [7, 11) is -3.71. The third kappa shape index (κ3) is 2.28. The lowest BCUT2D eigenvalue weighted by molar-refractivity contribution is 0.596. The van der Waals surface area contributed by atoms with Crippen molar-refractivity contribution in [1.82, 2.24) is 10.2 Å². The maximum atomic E-state index is 12.3. The molecular formula is C12H12N4O2S2. The summed E-state index contributed by atoms with van der Waals surface area (Å²) in [6.07, 6.45) is 1.41. The molecule has 2 heterocycles. The first-order valence-electron chi connectivity index (χ1n) is 5.82. The minimum atomic E-state index is -3.71. The smallest absolute Gasteiger partial charge is 0.279 e. The maximum absolute atomic E-state index is 12.3. The van der Waals surface area contributed by atoms with Crippen LogP contribution in [0.4, 0.5) is 5.69 Å². The second kappa shape index (κ2) is 4.89. The molecule has 0 spiro atoms. The van der Waals surface area contributed by atoms with Gasteiger partial charge in [-0.3, -0.25) is 9.82 Å². The minimum absolute atomic E-state index is 0.00501. The number of anilines is 1. The first kappa shape index (κ1) is 13.1. The van der Waals surface area contributed by atoms with Crippen molar-refractivity contribution in [2.75, 3.05) is 4.72 Å². The van der Waals surface area contributed by atoms with E-state index in [2.05, 4.69) is 14.9 Å². The Kier molecular flexibility index (Phi) is 3.20. The highest BCUT2D eigenvalue weighted by Crippen LogP contribution is 2.25. The number of aromatic amines is 1. The van der Waals surface area contributed by atoms with Crippen molar-refractivity contribution in [3.63, 3.8) is 0 Å². The second-order valence-electron chi connectivity index (χ2n) is 4.21. The molecule has 2 aromatic heterocycles. The van der Waals surface area contributed by atoms with Gasteiger partial charge in [0.2, 0.25) is 0 Å². The number of benzene rings is 1. The summed E-state index contributed by atoms with van der Waals surface area (Å²) in [5, 5.41) is 9.16. The summed E-state index contributed by atoms with van der Waals surface area (Å²) in [6.45, 7) is 0.107. The zero-order valence-corrected chi connectivity index (χ0v) is 12.0. The second-order valence-corrected chi connectivity index (χ2v) is 6.77. The maximum Gasteiger partial charge on any atom is 0.279 e. The van der Waals surface area contributed by atoms with Gasteiger partial charge in [0.15, 0.2) is 5.03 Å². The summed E-state index contributed by atoms with van der Waals surface area (Å²) in [4.78, 5) is 0. The number of thiophene rings is 1. The number of H-pyrrole nitrogens is 1. The van der Waals surface area contributed by atoms with Gasteiger partial charge in [-0.25, -0.2) is 0 Å². The molecule has 0 amide bonds. The van der Waals surface area contributed by atoms with Crippen LogP contribution in [0.1, 0.15) is 5.56 Å². The van der Waals surface area contributed by atoms with Crippen LogP contribution in [0, 0.1) is 0 Å². The summed E-state index contributed by atoms with van der Waals surface area (Å²) < 4.78 is 28.2. The van der Waals surface area contributed by atoms with Crippen molar-refractivity contribution in [2.45, 2.75) is 11.6 Å². The van der Waals surface area contributed by atoms with E-state index in [1.807, 2.05) is 17.5 Å². The van der Waals surface area contributed by atoms with Crippen molar-refractivity contribution < 1.29 is 8.42 Å². The topological polar surface area (TPSA) is 101 Å². The number of aromatic nitrogens is 2. The van der Waals surface area contributed by atoms with E-state index >= 15 is 0 Å². The number of rotatable bonds is 4. The van der Waals surface area contributed by atoms with Gasteiger partial charge in [-0.1, -0.05) is 0 Å². The first-order valence-corrected chi connectivity index (χ1v) is 8.19. The normalized spacial score (nSPS) is 11.8. The fourth-order valence-corrected chi connectivity index (χ4v) is 3.88. The Morgan fingerprint density at radius 3 is 3.00 bits per heavy atom. The van der Waals surface area contributed by atoms with E-state index in [4.69, 9.17) is 5.73 Å². The predicted molar refractivity (Wildman–Crippen MR) is 79.1 cm³/mol. The Morgan fingerprint density at radius 2 is 2.20 bits per heavy atom. The molecule has 0 saturated heterocycles. The van der Waals surface area contributed by atoms with Crippen molar-refractivity contribution in [3.8, 4) is 0 Å². The van der Waals surface area contributed by atoms with Gasteiger partial charge in [-0.2, -0.15) is 13.5 Å². The summed E-state index contributed by atoms with van der Waals surface area (Å²) in [6, 6.07) is 7.35. The van der Waals surface area contributed by atoms with Crippen LogP contribution < -0.4 is 10.5 Å². The van der Waals surface area contributed by atoms with Crippen molar-refractivity contribution in [3.05, 3.63) is 41.4 Å². The van der Waals surface area contributed by atoms with Crippen molar-refractivity contribution >= 4 is 37.1 Å². The molecule has 3 rings (SSSR count). The number of hydrogen-bond donors (Lipinski definition) is 3. The van der Waals surface area contributed by atoms with E-state index in [1.54, 1.807) is 23.5 Å². The molecule has 0 aliphatic rings. The van der Waals surface area contributed by atoms with Gasteiger partial charge in [0, 0.05) is 22.5 Å². The summed E-state index contributed by atoms with van der Waals surface area (Å²) >= 11 is 1.61. The fourth-order valence-electron chi connectivity index (χ4n) is 1.91. The van der Waals surface area contributed by atoms with Crippen LogP contribution in [0.5, 0.6) is 0 Å². The van der Waals surface area contributed by atoms with Crippen LogP contribution in [0.2, 0.25) is 0 Å². The third-order valence-corrected chi connectivity index (χ3v) is 5.16. The van der Waals surface area contributed by atoms with E-state index < -0.39 is 10.0 Å². The lowest BCUT2D eigenvalue weighted by Gasteiger charge is -2.07. The van der Waals surface area contributed by atoms with Crippen LogP contribution in [-0.4, -0.2) is 18.6 Å². The molecule has 4 N–H and O–H groups in total. The molecule has 0 aliphatic heterocycles. The Bertz CT molecular complexity index is 851. The molecule has 8 heteroatoms. The molecule has 104 valence electrons. The average Bonchev–Trinajstić information content (AvgIpc) is 3.06. The molecule has 0 atom stereocenters. The number of fused-ring (bicyclic) bond motifs is 1. The van der Waals surface area contributed by atoms with Gasteiger partial charge < -0.3 is 5.73 Å². The van der Waals surface area contributed by atoms with Gasteiger partial charge >= 0.3 is 0 Å². The zero-order valence-electron chi connectivity index (χ0n) is 10.3. The number of nitrogens with two attached hydrogens (primary N) is 1. The van der Waals surface area contributed by atoms with Gasteiger partial charge in [0.05, 0.1) is 6.20 Å². The minimum Gasteiger partial charge on any atom is -0.326 e. The van der Waals surface area contributed by atoms with E-state index in [1.165, 1.54) is 6.20 Å². The summed E-state index contributed by atoms with van der Waals surface area (Å²) in [5.41, 5.74) is 6.46. The van der Waals surface area contributed by atoms with Crippen LogP contribution in [0.25, 0.3) is 10.1 Å². The zero-order chi connectivity index (χ0) is 14.2. The first-order chi connectivity index (χ1) is 9.60. The van der Waals surface area contributed by atoms with E-state index in [0.29, 0.717) is 11.3 Å². The Labute approximate surface area is 119 Å². The highest BCUT2D eigenvalue weighted by molar-refractivity contribution is 7.92. The van der Waals surface area contributed by atoms with Crippen LogP contribution in [0.3, 0.4) is 0 Å². The Morgan fingerprint density at radius 1 is 1.35 bits per heavy atom. The van der Waals surface area contributed by atoms with Crippen molar-refractivity contribution in [2.24, 2.45) is 5.73 Å². The summed E-state index contributed by atoms with van der Waals surface area (Å²) in [5.74, 6) is 0. The van der Waals surface area contributed by atoms with E-state index in [9.17, 15) is 8.42 Å². The molecule has 20 heavy (non-hydrogen) atoms. The number of nitrogens with zero attached hydrogens (tertiary/aromatic N) is 1. The van der Waals surface area contributed by atoms with E-state index in [0.717, 1.165) is 10.1 Å². The number of nitrogens with one attached hydrogen (secondary N) is 2. The molecule has 1 aromatic carbocycles. The number of sulfonamides is 1. The van der Waals surface area contributed by atoms with Crippen LogP contribution >= 0.6 is 11.3 Å². The molecule has 6 nitrogen and oxygen atoms in total. The molecular weight excluding hydrogens is 296 g/mol. The predicted octanol–water partition coefficient (Wildman–Crippen LogP) is 1.88. The molecule has 0 saturated carbocycles. The average molecular weight is 308 g/mol. The largest absolute Gasteiger partial charge is 0.326 e. The highest BCUT2D eigenvalue weighted by atomic mass is 32.2. The number of hydrogen-bond acceptors (Lipinski definition) is 5.